The Balaban J connectivity index is 1.36. The summed E-state index contributed by atoms with van der Waals surface area (Å²) in [6, 6.07) is 8.23. The van der Waals surface area contributed by atoms with Crippen molar-refractivity contribution in [1.29, 1.82) is 0 Å². The molecule has 0 unspecified atom stereocenters. The predicted octanol–water partition coefficient (Wildman–Crippen LogP) is 3.24. The van der Waals surface area contributed by atoms with Gasteiger partial charge in [0.25, 0.3) is 0 Å². The number of hydrogen-bond donors (Lipinski definition) is 0. The van der Waals surface area contributed by atoms with Crippen LogP contribution in [0.2, 0.25) is 0 Å². The summed E-state index contributed by atoms with van der Waals surface area (Å²) in [6.45, 7) is 5.17. The Morgan fingerprint density at radius 3 is 2.75 bits per heavy atom. The fraction of sp³-hybridized carbons (Fsp3) is 0.609. The Morgan fingerprint density at radius 1 is 1.25 bits per heavy atom. The van der Waals surface area contributed by atoms with Crippen molar-refractivity contribution in [2.24, 2.45) is 5.92 Å². The molecule has 9 heteroatoms. The topological polar surface area (TPSA) is 61.7 Å². The van der Waals surface area contributed by atoms with Gasteiger partial charge in [-0.2, -0.15) is 17.8 Å². The van der Waals surface area contributed by atoms with Crippen molar-refractivity contribution in [3.63, 3.8) is 0 Å². The van der Waals surface area contributed by atoms with Crippen LogP contribution in [0.15, 0.2) is 36.5 Å². The van der Waals surface area contributed by atoms with Gasteiger partial charge in [0.1, 0.15) is 5.82 Å². The zero-order valence-electron chi connectivity index (χ0n) is 18.8. The first kappa shape index (κ1) is 21.9. The first-order valence-corrected chi connectivity index (χ1v) is 13.0. The smallest absolute Gasteiger partial charge is 0.295 e. The standard InChI is InChI=1S/C23H32FN5O2S/c1-18-14-23(17-26(2)32(30,31)29(23)21-8-4-7-20(24)13-21)10-12-27(18)16-22-9-11-25-28(22)15-19-5-3-6-19/h4,7-9,11,13,18-19H,3,5-6,10,12,14-17H2,1-2H3/t18-,23+/m0/s1. The number of rotatable bonds is 5. The molecule has 3 aliphatic rings. The quantitative estimate of drug-likeness (QED) is 0.686. The Labute approximate surface area is 190 Å². The van der Waals surface area contributed by atoms with E-state index in [4.69, 9.17) is 0 Å². The zero-order valence-corrected chi connectivity index (χ0v) is 19.6. The third-order valence-electron chi connectivity index (χ3n) is 7.60. The molecule has 174 valence electrons. The number of hydrogen-bond acceptors (Lipinski definition) is 4. The third kappa shape index (κ3) is 3.74. The Kier molecular flexibility index (Phi) is 5.54. The normalized spacial score (nSPS) is 29.0. The van der Waals surface area contributed by atoms with E-state index in [1.54, 1.807) is 19.2 Å². The molecule has 2 aromatic rings. The van der Waals surface area contributed by atoms with Crippen LogP contribution in [0.25, 0.3) is 0 Å². The van der Waals surface area contributed by atoms with Gasteiger partial charge in [-0.25, -0.2) is 4.39 Å². The average molecular weight is 462 g/mol. The maximum atomic E-state index is 14.0. The molecule has 1 aliphatic carbocycles. The van der Waals surface area contributed by atoms with Crippen LogP contribution in [0, 0.1) is 11.7 Å². The molecule has 3 fully saturated rings. The van der Waals surface area contributed by atoms with Gasteiger partial charge in [0.05, 0.1) is 16.9 Å². The summed E-state index contributed by atoms with van der Waals surface area (Å²) >= 11 is 0. The van der Waals surface area contributed by atoms with Gasteiger partial charge in [-0.05, 0) is 62.8 Å². The second-order valence-corrected chi connectivity index (χ2v) is 11.7. The number of likely N-dealkylation sites (N-methyl/N-ethyl adjacent to an activating group) is 1. The van der Waals surface area contributed by atoms with Crippen molar-refractivity contribution < 1.29 is 12.8 Å². The van der Waals surface area contributed by atoms with Crippen molar-refractivity contribution in [1.82, 2.24) is 19.0 Å². The highest BCUT2D eigenvalue weighted by Gasteiger charge is 2.55. The number of benzene rings is 1. The minimum absolute atomic E-state index is 0.188. The van der Waals surface area contributed by atoms with E-state index in [2.05, 4.69) is 27.7 Å². The summed E-state index contributed by atoms with van der Waals surface area (Å²) in [7, 11) is -2.07. The lowest BCUT2D eigenvalue weighted by atomic mass is 9.82. The summed E-state index contributed by atoms with van der Waals surface area (Å²) in [6.07, 6.45) is 7.19. The van der Waals surface area contributed by atoms with E-state index < -0.39 is 21.6 Å². The van der Waals surface area contributed by atoms with Gasteiger partial charge in [0, 0.05) is 45.5 Å². The van der Waals surface area contributed by atoms with Gasteiger partial charge in [0.15, 0.2) is 0 Å². The molecule has 0 radical (unpaired) electrons. The predicted molar refractivity (Wildman–Crippen MR) is 122 cm³/mol. The monoisotopic (exact) mass is 461 g/mol. The van der Waals surface area contributed by atoms with Gasteiger partial charge in [0.2, 0.25) is 0 Å². The highest BCUT2D eigenvalue weighted by molar-refractivity contribution is 7.90. The minimum atomic E-state index is -3.68. The molecule has 1 aromatic carbocycles. The number of aromatic nitrogens is 2. The van der Waals surface area contributed by atoms with Gasteiger partial charge in [-0.3, -0.25) is 13.9 Å². The average Bonchev–Trinajstić information content (AvgIpc) is 3.20. The summed E-state index contributed by atoms with van der Waals surface area (Å²) in [4.78, 5) is 2.42. The van der Waals surface area contributed by atoms with Crippen LogP contribution >= 0.6 is 0 Å². The van der Waals surface area contributed by atoms with Crippen LogP contribution in [0.4, 0.5) is 10.1 Å². The number of piperidine rings is 1. The second-order valence-electron chi connectivity index (χ2n) is 9.81. The lowest BCUT2D eigenvalue weighted by Gasteiger charge is -2.47. The van der Waals surface area contributed by atoms with E-state index in [1.165, 1.54) is 45.7 Å². The number of likely N-dealkylation sites (tertiary alicyclic amines) is 1. The minimum Gasteiger partial charge on any atom is -0.295 e. The molecule has 0 amide bonds. The van der Waals surface area contributed by atoms with Crippen LogP contribution < -0.4 is 4.31 Å². The maximum absolute atomic E-state index is 14.0. The van der Waals surface area contributed by atoms with Crippen LogP contribution in [0.5, 0.6) is 0 Å². The number of halogens is 1. The van der Waals surface area contributed by atoms with Crippen molar-refractivity contribution >= 4 is 15.9 Å². The van der Waals surface area contributed by atoms with Gasteiger partial charge >= 0.3 is 10.2 Å². The molecule has 0 N–H and O–H groups in total. The van der Waals surface area contributed by atoms with Gasteiger partial charge < -0.3 is 0 Å². The van der Waals surface area contributed by atoms with Crippen LogP contribution in [-0.2, 0) is 23.3 Å². The molecule has 2 aliphatic heterocycles. The first-order valence-electron chi connectivity index (χ1n) is 11.6. The molecule has 1 saturated carbocycles. The van der Waals surface area contributed by atoms with Gasteiger partial charge in [-0.1, -0.05) is 12.5 Å². The summed E-state index contributed by atoms with van der Waals surface area (Å²) < 4.78 is 45.4. The second kappa shape index (κ2) is 8.11. The fourth-order valence-corrected chi connectivity index (χ4v) is 7.43. The Hall–Kier alpha value is -1.97. The Morgan fingerprint density at radius 2 is 2.06 bits per heavy atom. The first-order chi connectivity index (χ1) is 15.3. The van der Waals surface area contributed by atoms with E-state index in [-0.39, 0.29) is 6.04 Å². The van der Waals surface area contributed by atoms with Gasteiger partial charge in [-0.15, -0.1) is 0 Å². The highest BCUT2D eigenvalue weighted by atomic mass is 32.2. The number of anilines is 1. The molecule has 32 heavy (non-hydrogen) atoms. The fourth-order valence-electron chi connectivity index (χ4n) is 5.66. The van der Waals surface area contributed by atoms with E-state index >= 15 is 0 Å². The molecule has 5 rings (SSSR count). The molecule has 3 heterocycles. The molecule has 1 spiro atoms. The zero-order chi connectivity index (χ0) is 22.5. The van der Waals surface area contributed by atoms with Crippen LogP contribution in [-0.4, -0.2) is 59.1 Å². The molecular weight excluding hydrogens is 429 g/mol. The van der Waals surface area contributed by atoms with Crippen molar-refractivity contribution in [2.45, 2.75) is 63.7 Å². The van der Waals surface area contributed by atoms with E-state index in [0.29, 0.717) is 25.1 Å². The van der Waals surface area contributed by atoms with Crippen molar-refractivity contribution in [3.05, 3.63) is 48.0 Å². The van der Waals surface area contributed by atoms with Crippen molar-refractivity contribution in [2.75, 3.05) is 24.4 Å². The van der Waals surface area contributed by atoms with E-state index in [9.17, 15) is 12.8 Å². The lowest BCUT2D eigenvalue weighted by molar-refractivity contribution is 0.0969. The molecule has 0 bridgehead atoms. The van der Waals surface area contributed by atoms with E-state index in [1.807, 2.05) is 6.20 Å². The van der Waals surface area contributed by atoms with Crippen LogP contribution in [0.1, 0.15) is 44.7 Å². The molecule has 7 nitrogen and oxygen atoms in total. The van der Waals surface area contributed by atoms with Crippen LogP contribution in [0.3, 0.4) is 0 Å². The van der Waals surface area contributed by atoms with Crippen molar-refractivity contribution in [3.8, 4) is 0 Å². The van der Waals surface area contributed by atoms with E-state index in [0.717, 1.165) is 25.6 Å². The SMILES string of the molecule is C[C@H]1C[C@]2(CCN1Cc1ccnn1CC1CCC1)CN(C)S(=O)(=O)N2c1cccc(F)c1. The molecule has 2 saturated heterocycles. The summed E-state index contributed by atoms with van der Waals surface area (Å²) in [5.41, 5.74) is 1.06. The largest absolute Gasteiger partial charge is 0.304 e. The summed E-state index contributed by atoms with van der Waals surface area (Å²) in [5.74, 6) is 0.322. The maximum Gasteiger partial charge on any atom is 0.304 e. The molecule has 1 aromatic heterocycles. The molecule has 2 atom stereocenters. The third-order valence-corrected chi connectivity index (χ3v) is 9.58. The Bertz CT molecular complexity index is 1090. The highest BCUT2D eigenvalue weighted by Crippen LogP contribution is 2.44. The number of nitrogens with zero attached hydrogens (tertiary/aromatic N) is 5. The lowest BCUT2D eigenvalue weighted by Crippen LogP contribution is -2.57. The summed E-state index contributed by atoms with van der Waals surface area (Å²) in [5, 5.41) is 4.55. The molecular formula is C23H32FN5O2S.